The number of nitrogens with zero attached hydrogens (tertiary/aromatic N) is 1. The Kier molecular flexibility index (Phi) is 3.44. The maximum Gasteiger partial charge on any atom is 0.433 e. The lowest BCUT2D eigenvalue weighted by atomic mass is 10.0. The van der Waals surface area contributed by atoms with E-state index in [9.17, 15) is 18.0 Å². The maximum atomic E-state index is 12.3. The molecule has 5 heteroatoms. The van der Waals surface area contributed by atoms with Crippen LogP contribution in [0.1, 0.15) is 18.2 Å². The maximum absolute atomic E-state index is 12.3. The Morgan fingerprint density at radius 2 is 2.20 bits per heavy atom. The Labute approximate surface area is 85.1 Å². The molecule has 0 unspecified atom stereocenters. The summed E-state index contributed by atoms with van der Waals surface area (Å²) in [6, 6.07) is 2.45. The molecule has 15 heavy (non-hydrogen) atoms. The molecule has 1 rings (SSSR count). The highest BCUT2D eigenvalue weighted by atomic mass is 19.4. The molecule has 1 atom stereocenters. The molecule has 0 aliphatic carbocycles. The molecule has 0 radical (unpaired) electrons. The third-order valence-corrected chi connectivity index (χ3v) is 1.90. The number of carbonyl (C=O) groups is 1. The molecular formula is C10H10F3NO. The summed E-state index contributed by atoms with van der Waals surface area (Å²) < 4.78 is 36.8. The number of aldehydes is 1. The molecule has 1 heterocycles. The monoisotopic (exact) mass is 217 g/mol. The lowest BCUT2D eigenvalue weighted by molar-refractivity contribution is -0.141. The quantitative estimate of drug-likeness (QED) is 0.728. The minimum absolute atomic E-state index is 0.284. The van der Waals surface area contributed by atoms with Crippen LogP contribution in [0.25, 0.3) is 0 Å². The summed E-state index contributed by atoms with van der Waals surface area (Å²) in [5.41, 5.74) is -0.449. The molecule has 0 aliphatic rings. The first-order valence-electron chi connectivity index (χ1n) is 4.41. The Hall–Kier alpha value is -1.39. The van der Waals surface area contributed by atoms with Gasteiger partial charge in [0.05, 0.1) is 0 Å². The lowest BCUT2D eigenvalue weighted by Crippen LogP contribution is -2.09. The van der Waals surface area contributed by atoms with Gasteiger partial charge in [0, 0.05) is 12.1 Å². The summed E-state index contributed by atoms with van der Waals surface area (Å²) in [5, 5.41) is 0. The lowest BCUT2D eigenvalue weighted by Gasteiger charge is -2.08. The highest BCUT2D eigenvalue weighted by molar-refractivity contribution is 5.53. The minimum atomic E-state index is -4.43. The van der Waals surface area contributed by atoms with Crippen LogP contribution in [0.15, 0.2) is 18.3 Å². The molecule has 0 fully saturated rings. The van der Waals surface area contributed by atoms with Crippen LogP contribution in [-0.2, 0) is 17.4 Å². The highest BCUT2D eigenvalue weighted by Crippen LogP contribution is 2.27. The smallest absolute Gasteiger partial charge is 0.303 e. The Morgan fingerprint density at radius 1 is 1.53 bits per heavy atom. The number of hydrogen-bond acceptors (Lipinski definition) is 2. The highest BCUT2D eigenvalue weighted by Gasteiger charge is 2.32. The van der Waals surface area contributed by atoms with Crippen LogP contribution in [0.3, 0.4) is 0 Å². The van der Waals surface area contributed by atoms with E-state index < -0.39 is 11.9 Å². The van der Waals surface area contributed by atoms with Gasteiger partial charge < -0.3 is 4.79 Å². The van der Waals surface area contributed by atoms with Crippen LogP contribution in [0.4, 0.5) is 13.2 Å². The third-order valence-electron chi connectivity index (χ3n) is 1.90. The number of halogens is 3. The molecule has 0 aromatic carbocycles. The fraction of sp³-hybridized carbons (Fsp3) is 0.400. The molecule has 0 bridgehead atoms. The van der Waals surface area contributed by atoms with Crippen molar-refractivity contribution >= 4 is 6.29 Å². The zero-order valence-electron chi connectivity index (χ0n) is 8.08. The molecule has 0 aliphatic heterocycles. The average molecular weight is 217 g/mol. The van der Waals surface area contributed by atoms with E-state index in [2.05, 4.69) is 4.98 Å². The molecule has 2 nitrogen and oxygen atoms in total. The van der Waals surface area contributed by atoms with Crippen LogP contribution < -0.4 is 0 Å². The number of hydrogen-bond donors (Lipinski definition) is 0. The van der Waals surface area contributed by atoms with E-state index in [0.29, 0.717) is 18.3 Å². The van der Waals surface area contributed by atoms with Gasteiger partial charge in [0.25, 0.3) is 0 Å². The third kappa shape index (κ3) is 3.34. The summed E-state index contributed by atoms with van der Waals surface area (Å²) in [6.07, 6.45) is -2.31. The Balaban J connectivity index is 2.88. The topological polar surface area (TPSA) is 30.0 Å². The van der Waals surface area contributed by atoms with Crippen molar-refractivity contribution in [1.82, 2.24) is 4.98 Å². The van der Waals surface area contributed by atoms with Gasteiger partial charge in [-0.15, -0.1) is 0 Å². The predicted octanol–water partition coefficient (Wildman–Crippen LogP) is 2.48. The Morgan fingerprint density at radius 3 is 2.73 bits per heavy atom. The summed E-state index contributed by atoms with van der Waals surface area (Å²) in [7, 11) is 0. The van der Waals surface area contributed by atoms with Gasteiger partial charge in [-0.1, -0.05) is 6.92 Å². The number of pyridine rings is 1. The van der Waals surface area contributed by atoms with Crippen molar-refractivity contribution in [2.75, 3.05) is 0 Å². The van der Waals surface area contributed by atoms with Gasteiger partial charge in [-0.2, -0.15) is 13.2 Å². The predicted molar refractivity (Wildman–Crippen MR) is 48.2 cm³/mol. The van der Waals surface area contributed by atoms with Crippen molar-refractivity contribution in [2.45, 2.75) is 19.5 Å². The van der Waals surface area contributed by atoms with Gasteiger partial charge in [0.1, 0.15) is 12.0 Å². The molecule has 1 aromatic rings. The SMILES string of the molecule is C[C@H](C=O)Cc1ccnc(C(F)(F)F)c1. The number of alkyl halides is 3. The van der Waals surface area contributed by atoms with Gasteiger partial charge in [-0.25, -0.2) is 0 Å². The number of aromatic nitrogens is 1. The van der Waals surface area contributed by atoms with Gasteiger partial charge in [0.2, 0.25) is 0 Å². The van der Waals surface area contributed by atoms with Gasteiger partial charge in [-0.3, -0.25) is 4.98 Å². The first-order valence-corrected chi connectivity index (χ1v) is 4.41. The van der Waals surface area contributed by atoms with Crippen LogP contribution >= 0.6 is 0 Å². The molecule has 0 amide bonds. The second kappa shape index (κ2) is 4.42. The molecule has 0 saturated heterocycles. The summed E-state index contributed by atoms with van der Waals surface area (Å²) in [5.74, 6) is -0.284. The van der Waals surface area contributed by atoms with Crippen molar-refractivity contribution in [3.63, 3.8) is 0 Å². The van der Waals surface area contributed by atoms with Crippen molar-refractivity contribution < 1.29 is 18.0 Å². The van der Waals surface area contributed by atoms with Crippen LogP contribution in [-0.4, -0.2) is 11.3 Å². The van der Waals surface area contributed by atoms with E-state index in [1.54, 1.807) is 6.92 Å². The molecule has 82 valence electrons. The average Bonchev–Trinajstić information content (AvgIpc) is 2.17. The van der Waals surface area contributed by atoms with Crippen molar-refractivity contribution in [3.8, 4) is 0 Å². The minimum Gasteiger partial charge on any atom is -0.303 e. The molecule has 0 saturated carbocycles. The Bertz CT molecular complexity index is 349. The van der Waals surface area contributed by atoms with Crippen molar-refractivity contribution in [2.24, 2.45) is 5.92 Å². The first-order chi connectivity index (χ1) is 6.93. The molecule has 0 N–H and O–H groups in total. The summed E-state index contributed by atoms with van der Waals surface area (Å²) >= 11 is 0. The van der Waals surface area contributed by atoms with Gasteiger partial charge in [-0.05, 0) is 24.1 Å². The summed E-state index contributed by atoms with van der Waals surface area (Å²) in [4.78, 5) is 13.6. The van der Waals surface area contributed by atoms with Crippen molar-refractivity contribution in [1.29, 1.82) is 0 Å². The standard InChI is InChI=1S/C10H10F3NO/c1-7(6-15)4-8-2-3-14-9(5-8)10(11,12)13/h2-3,5-7H,4H2,1H3/t7-/m0/s1. The second-order valence-corrected chi connectivity index (χ2v) is 3.36. The van der Waals surface area contributed by atoms with Gasteiger partial charge >= 0.3 is 6.18 Å². The first kappa shape index (κ1) is 11.7. The van der Waals surface area contributed by atoms with E-state index in [4.69, 9.17) is 0 Å². The van der Waals surface area contributed by atoms with Crippen LogP contribution in [0.2, 0.25) is 0 Å². The fourth-order valence-electron chi connectivity index (χ4n) is 1.18. The molecule has 1 aromatic heterocycles. The molecular weight excluding hydrogens is 207 g/mol. The van der Waals surface area contributed by atoms with Crippen LogP contribution in [0, 0.1) is 5.92 Å². The summed E-state index contributed by atoms with van der Waals surface area (Å²) in [6.45, 7) is 1.65. The largest absolute Gasteiger partial charge is 0.433 e. The van der Waals surface area contributed by atoms with Gasteiger partial charge in [0.15, 0.2) is 0 Å². The number of rotatable bonds is 3. The van der Waals surface area contributed by atoms with E-state index >= 15 is 0 Å². The normalized spacial score (nSPS) is 13.6. The zero-order chi connectivity index (χ0) is 11.5. The number of carbonyl (C=O) groups excluding carboxylic acids is 1. The van der Waals surface area contributed by atoms with Crippen molar-refractivity contribution in [3.05, 3.63) is 29.6 Å². The van der Waals surface area contributed by atoms with E-state index in [0.717, 1.165) is 12.3 Å². The van der Waals surface area contributed by atoms with Crippen LogP contribution in [0.5, 0.6) is 0 Å². The zero-order valence-corrected chi connectivity index (χ0v) is 8.08. The second-order valence-electron chi connectivity index (χ2n) is 3.36. The molecule has 0 spiro atoms. The fourth-order valence-corrected chi connectivity index (χ4v) is 1.18. The van der Waals surface area contributed by atoms with E-state index in [1.165, 1.54) is 6.07 Å². The van der Waals surface area contributed by atoms with E-state index in [1.807, 2.05) is 0 Å². The van der Waals surface area contributed by atoms with E-state index in [-0.39, 0.29) is 5.92 Å².